The molecule has 0 spiro atoms. The van der Waals surface area contributed by atoms with Crippen LogP contribution >= 0.6 is 0 Å². The van der Waals surface area contributed by atoms with Crippen molar-refractivity contribution >= 4 is 18.2 Å². The Balaban J connectivity index is 0.000000878. The van der Waals surface area contributed by atoms with Crippen molar-refractivity contribution in [2.45, 2.75) is 20.4 Å². The number of imidazole rings is 1. The highest BCUT2D eigenvalue weighted by molar-refractivity contribution is 5.94. The van der Waals surface area contributed by atoms with Crippen LogP contribution in [0.5, 0.6) is 5.75 Å². The zero-order chi connectivity index (χ0) is 20.7. The Hall–Kier alpha value is -3.62. The van der Waals surface area contributed by atoms with Crippen molar-refractivity contribution in [3.8, 4) is 16.9 Å². The van der Waals surface area contributed by atoms with Gasteiger partial charge in [0.2, 0.25) is 5.91 Å². The van der Waals surface area contributed by atoms with Crippen LogP contribution in [-0.2, 0) is 23.2 Å². The van der Waals surface area contributed by atoms with Crippen molar-refractivity contribution in [1.82, 2.24) is 19.3 Å². The molecule has 2 heterocycles. The van der Waals surface area contributed by atoms with Crippen LogP contribution < -0.4 is 10.1 Å². The van der Waals surface area contributed by atoms with E-state index in [2.05, 4.69) is 15.4 Å². The Kier molecular flexibility index (Phi) is 6.91. The zero-order valence-corrected chi connectivity index (χ0v) is 16.2. The summed E-state index contributed by atoms with van der Waals surface area (Å²) in [6.07, 6.45) is 3.47. The summed E-state index contributed by atoms with van der Waals surface area (Å²) in [6.45, 7) is 3.75. The fourth-order valence-electron chi connectivity index (χ4n) is 2.80. The van der Waals surface area contributed by atoms with Crippen LogP contribution in [0.15, 0.2) is 36.7 Å². The molecule has 0 unspecified atom stereocenters. The topological polar surface area (TPSA) is 111 Å². The molecule has 0 radical (unpaired) electrons. The van der Waals surface area contributed by atoms with E-state index in [0.29, 0.717) is 5.82 Å². The Morgan fingerprint density at radius 1 is 1.29 bits per heavy atom. The fourth-order valence-corrected chi connectivity index (χ4v) is 2.80. The van der Waals surface area contributed by atoms with Crippen LogP contribution in [-0.4, -0.2) is 43.9 Å². The minimum Gasteiger partial charge on any atom is -0.497 e. The quantitative estimate of drug-likeness (QED) is 0.652. The standard InChI is InChI=1S/C18H21N5O2.CH2O2/c1-12-17(14-5-7-15(25-4)8-6-14)18(22(3)21-12)20-16(24)11-23-10-9-19-13(23)2;2-1-3/h5-10H,11H2,1-4H3,(H,20,24);1H,(H,2,3). The summed E-state index contributed by atoms with van der Waals surface area (Å²) in [5.41, 5.74) is 2.73. The van der Waals surface area contributed by atoms with Crippen molar-refractivity contribution in [2.24, 2.45) is 7.05 Å². The number of amides is 1. The van der Waals surface area contributed by atoms with Crippen LogP contribution in [0.3, 0.4) is 0 Å². The number of aryl methyl sites for hydroxylation is 3. The van der Waals surface area contributed by atoms with Gasteiger partial charge in [-0.15, -0.1) is 0 Å². The lowest BCUT2D eigenvalue weighted by Crippen LogP contribution is -2.21. The number of nitrogens with one attached hydrogen (secondary N) is 1. The summed E-state index contributed by atoms with van der Waals surface area (Å²) in [7, 11) is 3.45. The SMILES string of the molecule is COc1ccc(-c2c(C)nn(C)c2NC(=O)Cn2ccnc2C)cc1.O=CO. The number of rotatable bonds is 5. The van der Waals surface area contributed by atoms with E-state index in [-0.39, 0.29) is 18.9 Å². The second kappa shape index (κ2) is 9.36. The van der Waals surface area contributed by atoms with Gasteiger partial charge in [0.05, 0.1) is 12.8 Å². The Morgan fingerprint density at radius 2 is 1.93 bits per heavy atom. The first-order valence-corrected chi connectivity index (χ1v) is 8.44. The van der Waals surface area contributed by atoms with E-state index in [1.165, 1.54) is 0 Å². The fraction of sp³-hybridized carbons (Fsp3) is 0.263. The van der Waals surface area contributed by atoms with E-state index in [0.717, 1.165) is 28.4 Å². The van der Waals surface area contributed by atoms with Gasteiger partial charge in [0, 0.05) is 25.0 Å². The predicted molar refractivity (Wildman–Crippen MR) is 104 cm³/mol. The molecule has 1 aromatic carbocycles. The summed E-state index contributed by atoms with van der Waals surface area (Å²) in [5.74, 6) is 2.13. The number of hydrogen-bond donors (Lipinski definition) is 2. The number of hydrogen-bond acceptors (Lipinski definition) is 5. The van der Waals surface area contributed by atoms with Crippen LogP contribution in [0.4, 0.5) is 5.82 Å². The normalized spacial score (nSPS) is 10.0. The van der Waals surface area contributed by atoms with Gasteiger partial charge in [-0.05, 0) is 31.5 Å². The first kappa shape index (κ1) is 20.7. The Morgan fingerprint density at radius 3 is 2.46 bits per heavy atom. The number of aromatic nitrogens is 4. The first-order chi connectivity index (χ1) is 13.4. The number of anilines is 1. The maximum absolute atomic E-state index is 12.5. The number of carbonyl (C=O) groups excluding carboxylic acids is 1. The van der Waals surface area contributed by atoms with Crippen molar-refractivity contribution in [3.05, 3.63) is 48.2 Å². The maximum atomic E-state index is 12.5. The molecule has 28 heavy (non-hydrogen) atoms. The third kappa shape index (κ3) is 4.76. The van der Waals surface area contributed by atoms with Crippen molar-refractivity contribution in [2.75, 3.05) is 12.4 Å². The third-order valence-electron chi connectivity index (χ3n) is 4.10. The summed E-state index contributed by atoms with van der Waals surface area (Å²) >= 11 is 0. The molecule has 3 rings (SSSR count). The van der Waals surface area contributed by atoms with Gasteiger partial charge >= 0.3 is 0 Å². The molecule has 2 N–H and O–H groups in total. The van der Waals surface area contributed by atoms with Crippen LogP contribution in [0.25, 0.3) is 11.1 Å². The molecular weight excluding hydrogens is 362 g/mol. The Labute approximate surface area is 162 Å². The molecule has 0 aliphatic rings. The van der Waals surface area contributed by atoms with E-state index >= 15 is 0 Å². The highest BCUT2D eigenvalue weighted by Gasteiger charge is 2.18. The molecule has 0 aliphatic carbocycles. The van der Waals surface area contributed by atoms with Gasteiger partial charge in [-0.1, -0.05) is 12.1 Å². The highest BCUT2D eigenvalue weighted by atomic mass is 16.5. The smallest absolute Gasteiger partial charge is 0.290 e. The number of carboxylic acid groups (broad SMARTS) is 1. The maximum Gasteiger partial charge on any atom is 0.290 e. The van der Waals surface area contributed by atoms with Crippen LogP contribution in [0.2, 0.25) is 0 Å². The first-order valence-electron chi connectivity index (χ1n) is 8.44. The molecule has 0 atom stereocenters. The average Bonchev–Trinajstić information content (AvgIpc) is 3.18. The zero-order valence-electron chi connectivity index (χ0n) is 16.2. The molecular formula is C19H23N5O4. The Bertz CT molecular complexity index is 944. The molecule has 0 saturated heterocycles. The number of carbonyl (C=O) groups is 2. The summed E-state index contributed by atoms with van der Waals surface area (Å²) in [4.78, 5) is 25.0. The minimum atomic E-state index is -0.250. The van der Waals surface area contributed by atoms with E-state index < -0.39 is 0 Å². The van der Waals surface area contributed by atoms with Gasteiger partial charge in [0.15, 0.2) is 0 Å². The average molecular weight is 385 g/mol. The van der Waals surface area contributed by atoms with Gasteiger partial charge in [-0.25, -0.2) is 4.98 Å². The summed E-state index contributed by atoms with van der Waals surface area (Å²) in [5, 5.41) is 14.3. The second-order valence-corrected chi connectivity index (χ2v) is 5.92. The van der Waals surface area contributed by atoms with E-state index in [1.807, 2.05) is 45.2 Å². The molecule has 9 heteroatoms. The second-order valence-electron chi connectivity index (χ2n) is 5.92. The van der Waals surface area contributed by atoms with Gasteiger partial charge in [0.1, 0.15) is 23.9 Å². The highest BCUT2D eigenvalue weighted by Crippen LogP contribution is 2.32. The lowest BCUT2D eigenvalue weighted by atomic mass is 10.1. The molecule has 0 fully saturated rings. The van der Waals surface area contributed by atoms with E-state index in [4.69, 9.17) is 14.6 Å². The van der Waals surface area contributed by atoms with Gasteiger partial charge < -0.3 is 19.7 Å². The third-order valence-corrected chi connectivity index (χ3v) is 4.10. The van der Waals surface area contributed by atoms with Crippen molar-refractivity contribution in [3.63, 3.8) is 0 Å². The summed E-state index contributed by atoms with van der Waals surface area (Å²) in [6, 6.07) is 7.70. The molecule has 148 valence electrons. The van der Waals surface area contributed by atoms with Gasteiger partial charge in [-0.3, -0.25) is 14.3 Å². The van der Waals surface area contributed by atoms with Crippen molar-refractivity contribution < 1.29 is 19.4 Å². The molecule has 1 amide bonds. The molecule has 0 bridgehead atoms. The van der Waals surface area contributed by atoms with E-state index in [9.17, 15) is 4.79 Å². The number of methoxy groups -OCH3 is 1. The lowest BCUT2D eigenvalue weighted by molar-refractivity contribution is -0.123. The molecule has 2 aromatic heterocycles. The lowest BCUT2D eigenvalue weighted by Gasteiger charge is -2.10. The molecule has 9 nitrogen and oxygen atoms in total. The minimum absolute atomic E-state index is 0.126. The largest absolute Gasteiger partial charge is 0.497 e. The monoisotopic (exact) mass is 385 g/mol. The summed E-state index contributed by atoms with van der Waals surface area (Å²) < 4.78 is 8.69. The van der Waals surface area contributed by atoms with Gasteiger partial charge in [-0.2, -0.15) is 5.10 Å². The number of nitrogens with zero attached hydrogens (tertiary/aromatic N) is 4. The number of benzene rings is 1. The predicted octanol–water partition coefficient (Wildman–Crippen LogP) is 2.25. The number of ether oxygens (including phenoxy) is 1. The van der Waals surface area contributed by atoms with Gasteiger partial charge in [0.25, 0.3) is 6.47 Å². The van der Waals surface area contributed by atoms with Crippen LogP contribution in [0, 0.1) is 13.8 Å². The molecule has 0 saturated carbocycles. The molecule has 0 aliphatic heterocycles. The van der Waals surface area contributed by atoms with Crippen LogP contribution in [0.1, 0.15) is 11.5 Å². The molecule has 3 aromatic rings. The van der Waals surface area contributed by atoms with E-state index in [1.54, 1.807) is 28.8 Å². The van der Waals surface area contributed by atoms with Crippen molar-refractivity contribution in [1.29, 1.82) is 0 Å².